The lowest BCUT2D eigenvalue weighted by Gasteiger charge is -2.19. The van der Waals surface area contributed by atoms with Gasteiger partial charge in [0.1, 0.15) is 11.6 Å². The zero-order valence-electron chi connectivity index (χ0n) is 17.9. The van der Waals surface area contributed by atoms with Crippen molar-refractivity contribution in [2.45, 2.75) is 19.8 Å². The summed E-state index contributed by atoms with van der Waals surface area (Å²) in [5, 5.41) is 7.10. The lowest BCUT2D eigenvalue weighted by Crippen LogP contribution is -2.35. The fourth-order valence-electron chi connectivity index (χ4n) is 3.26. The monoisotopic (exact) mass is 424 g/mol. The van der Waals surface area contributed by atoms with E-state index in [1.165, 1.54) is 23.2 Å². The second kappa shape index (κ2) is 9.42. The van der Waals surface area contributed by atoms with Crippen LogP contribution in [-0.2, 0) is 4.79 Å². The molecule has 1 heterocycles. The highest BCUT2D eigenvalue weighted by Crippen LogP contribution is 2.24. The van der Waals surface area contributed by atoms with Gasteiger partial charge in [-0.25, -0.2) is 9.07 Å². The van der Waals surface area contributed by atoms with Gasteiger partial charge in [0.25, 0.3) is 5.91 Å². The smallest absolute Gasteiger partial charge is 0.257 e. The molecule has 162 valence electrons. The van der Waals surface area contributed by atoms with E-state index in [9.17, 15) is 14.0 Å². The van der Waals surface area contributed by atoms with Gasteiger partial charge in [-0.15, -0.1) is 0 Å². The van der Waals surface area contributed by atoms with Gasteiger partial charge in [0.15, 0.2) is 0 Å². The van der Waals surface area contributed by atoms with Crippen molar-refractivity contribution in [3.05, 3.63) is 71.8 Å². The van der Waals surface area contributed by atoms with Crippen LogP contribution in [-0.4, -0.2) is 47.2 Å². The summed E-state index contributed by atoms with van der Waals surface area (Å²) >= 11 is 0. The first kappa shape index (κ1) is 22.0. The number of aromatic nitrogens is 2. The molecule has 31 heavy (non-hydrogen) atoms. The average Bonchev–Trinajstić information content (AvgIpc) is 3.19. The summed E-state index contributed by atoms with van der Waals surface area (Å²) in [6, 6.07) is 12.9. The average molecular weight is 424 g/mol. The minimum absolute atomic E-state index is 0.0227. The number of ether oxygens (including phenoxy) is 1. The number of nitrogens with zero attached hydrogens (tertiary/aromatic N) is 3. The van der Waals surface area contributed by atoms with Crippen LogP contribution in [0.2, 0.25) is 0 Å². The molecule has 2 amide bonds. The number of likely N-dealkylation sites (N-methyl/N-ethyl adjacent to an activating group) is 1. The molecule has 1 N–H and O–H groups in total. The molecular weight excluding hydrogens is 399 g/mol. The molecule has 2 aromatic carbocycles. The second-order valence-electron chi connectivity index (χ2n) is 7.43. The standard InChI is InChI=1S/C23H25FN4O3/c1-15(2)22-20(13-25-28(22)18-10-8-16(24)9-11-18)23(30)27(3)14-21(29)26-17-6-5-7-19(12-17)31-4/h5-13,15H,14H2,1-4H3,(H,26,29). The third-order valence-electron chi connectivity index (χ3n) is 4.74. The van der Waals surface area contributed by atoms with Crippen LogP contribution in [0.25, 0.3) is 5.69 Å². The van der Waals surface area contributed by atoms with Crippen molar-refractivity contribution in [1.82, 2.24) is 14.7 Å². The first-order valence-corrected chi connectivity index (χ1v) is 9.83. The molecule has 0 aliphatic heterocycles. The number of rotatable bonds is 7. The number of methoxy groups -OCH3 is 1. The fraction of sp³-hybridized carbons (Fsp3) is 0.261. The van der Waals surface area contributed by atoms with Crippen molar-refractivity contribution < 1.29 is 18.7 Å². The Morgan fingerprint density at radius 2 is 1.90 bits per heavy atom. The molecule has 3 aromatic rings. The summed E-state index contributed by atoms with van der Waals surface area (Å²) in [5.74, 6) is -0.401. The molecule has 0 saturated heterocycles. The number of carbonyl (C=O) groups is 2. The maximum atomic E-state index is 13.3. The first-order valence-electron chi connectivity index (χ1n) is 9.83. The molecule has 0 fully saturated rings. The Labute approximate surface area is 180 Å². The normalized spacial score (nSPS) is 10.8. The van der Waals surface area contributed by atoms with Crippen molar-refractivity contribution in [3.8, 4) is 11.4 Å². The van der Waals surface area contributed by atoms with Crippen LogP contribution in [0.3, 0.4) is 0 Å². The number of benzene rings is 2. The molecule has 8 heteroatoms. The van der Waals surface area contributed by atoms with E-state index >= 15 is 0 Å². The molecule has 0 unspecified atom stereocenters. The SMILES string of the molecule is COc1cccc(NC(=O)CN(C)C(=O)c2cnn(-c3ccc(F)cc3)c2C(C)C)c1. The third-order valence-corrected chi connectivity index (χ3v) is 4.74. The molecule has 0 aliphatic carbocycles. The summed E-state index contributed by atoms with van der Waals surface area (Å²) in [6.45, 7) is 3.77. The Kier molecular flexibility index (Phi) is 6.69. The number of carbonyl (C=O) groups excluding carboxylic acids is 2. The quantitative estimate of drug-likeness (QED) is 0.625. The summed E-state index contributed by atoms with van der Waals surface area (Å²) in [6.07, 6.45) is 1.48. The minimum atomic E-state index is -0.347. The van der Waals surface area contributed by atoms with Crippen LogP contribution < -0.4 is 10.1 Å². The highest BCUT2D eigenvalue weighted by atomic mass is 19.1. The van der Waals surface area contributed by atoms with Crippen LogP contribution in [0.4, 0.5) is 10.1 Å². The van der Waals surface area contributed by atoms with Crippen molar-refractivity contribution >= 4 is 17.5 Å². The molecule has 0 aliphatic rings. The third kappa shape index (κ3) is 5.09. The van der Waals surface area contributed by atoms with E-state index in [1.54, 1.807) is 55.2 Å². The lowest BCUT2D eigenvalue weighted by molar-refractivity contribution is -0.116. The van der Waals surface area contributed by atoms with Gasteiger partial charge in [-0.1, -0.05) is 19.9 Å². The highest BCUT2D eigenvalue weighted by molar-refractivity contribution is 6.00. The van der Waals surface area contributed by atoms with E-state index in [2.05, 4.69) is 10.4 Å². The Bertz CT molecular complexity index is 1080. The van der Waals surface area contributed by atoms with Crippen molar-refractivity contribution in [3.63, 3.8) is 0 Å². The second-order valence-corrected chi connectivity index (χ2v) is 7.43. The van der Waals surface area contributed by atoms with Gasteiger partial charge in [-0.05, 0) is 42.3 Å². The Hall–Kier alpha value is -3.68. The molecule has 0 radical (unpaired) electrons. The van der Waals surface area contributed by atoms with E-state index < -0.39 is 0 Å². The predicted octanol–water partition coefficient (Wildman–Crippen LogP) is 3.85. The van der Waals surface area contributed by atoms with Crippen LogP contribution in [0.1, 0.15) is 35.8 Å². The van der Waals surface area contributed by atoms with Crippen molar-refractivity contribution in [2.24, 2.45) is 0 Å². The van der Waals surface area contributed by atoms with Gasteiger partial charge in [0.05, 0.1) is 36.8 Å². The highest BCUT2D eigenvalue weighted by Gasteiger charge is 2.24. The van der Waals surface area contributed by atoms with Gasteiger partial charge in [-0.2, -0.15) is 5.10 Å². The molecule has 3 rings (SSSR count). The Balaban J connectivity index is 1.77. The zero-order chi connectivity index (χ0) is 22.5. The van der Waals surface area contributed by atoms with Crippen molar-refractivity contribution in [1.29, 1.82) is 0 Å². The van der Waals surface area contributed by atoms with Gasteiger partial charge in [-0.3, -0.25) is 9.59 Å². The van der Waals surface area contributed by atoms with E-state index in [-0.39, 0.29) is 30.1 Å². The molecule has 0 saturated carbocycles. The summed E-state index contributed by atoms with van der Waals surface area (Å²) in [5.41, 5.74) is 2.33. The van der Waals surface area contributed by atoms with Crippen molar-refractivity contribution in [2.75, 3.05) is 26.0 Å². The van der Waals surface area contributed by atoms with Gasteiger partial charge in [0, 0.05) is 18.8 Å². The number of hydrogen-bond acceptors (Lipinski definition) is 4. The van der Waals surface area contributed by atoms with Crippen LogP contribution in [0.15, 0.2) is 54.7 Å². The van der Waals surface area contributed by atoms with E-state index in [0.717, 1.165) is 0 Å². The summed E-state index contributed by atoms with van der Waals surface area (Å²) < 4.78 is 20.1. The maximum absolute atomic E-state index is 13.3. The Morgan fingerprint density at radius 1 is 1.19 bits per heavy atom. The molecule has 0 bridgehead atoms. The number of amides is 2. The van der Waals surface area contributed by atoms with Gasteiger partial charge in [0.2, 0.25) is 5.91 Å². The molecule has 1 aromatic heterocycles. The van der Waals surface area contributed by atoms with Crippen LogP contribution >= 0.6 is 0 Å². The van der Waals surface area contributed by atoms with E-state index in [0.29, 0.717) is 28.4 Å². The number of nitrogens with one attached hydrogen (secondary N) is 1. The summed E-state index contributed by atoms with van der Waals surface area (Å²) in [4.78, 5) is 26.8. The summed E-state index contributed by atoms with van der Waals surface area (Å²) in [7, 11) is 3.11. The van der Waals surface area contributed by atoms with Crippen LogP contribution in [0.5, 0.6) is 5.75 Å². The molecular formula is C23H25FN4O3. The molecule has 0 atom stereocenters. The van der Waals surface area contributed by atoms with Gasteiger partial charge < -0.3 is 15.0 Å². The van der Waals surface area contributed by atoms with E-state index in [1.807, 2.05) is 13.8 Å². The zero-order valence-corrected chi connectivity index (χ0v) is 17.9. The largest absolute Gasteiger partial charge is 0.497 e. The molecule has 0 spiro atoms. The lowest BCUT2D eigenvalue weighted by atomic mass is 10.0. The topological polar surface area (TPSA) is 76.5 Å². The van der Waals surface area contributed by atoms with Gasteiger partial charge >= 0.3 is 0 Å². The number of anilines is 1. The minimum Gasteiger partial charge on any atom is -0.497 e. The molecule has 7 nitrogen and oxygen atoms in total. The fourth-order valence-corrected chi connectivity index (χ4v) is 3.26. The Morgan fingerprint density at radius 3 is 2.55 bits per heavy atom. The first-order chi connectivity index (χ1) is 14.8. The maximum Gasteiger partial charge on any atom is 0.257 e. The number of hydrogen-bond donors (Lipinski definition) is 1. The predicted molar refractivity (Wildman–Crippen MR) is 116 cm³/mol. The van der Waals surface area contributed by atoms with E-state index in [4.69, 9.17) is 4.74 Å². The number of halogens is 1. The van der Waals surface area contributed by atoms with Crippen LogP contribution in [0, 0.1) is 5.82 Å².